The minimum absolute atomic E-state index is 0.337. The summed E-state index contributed by atoms with van der Waals surface area (Å²) in [5, 5.41) is 3.82. The van der Waals surface area contributed by atoms with Crippen LogP contribution in [0.2, 0.25) is 5.02 Å². The van der Waals surface area contributed by atoms with Crippen molar-refractivity contribution < 1.29 is 9.53 Å². The van der Waals surface area contributed by atoms with Crippen LogP contribution in [0.15, 0.2) is 42.7 Å². The molecule has 2 rings (SSSR count). The van der Waals surface area contributed by atoms with Crippen LogP contribution in [0.25, 0.3) is 0 Å². The van der Waals surface area contributed by atoms with E-state index in [2.05, 4.69) is 17.2 Å². The molecule has 2 aromatic rings. The van der Waals surface area contributed by atoms with Crippen molar-refractivity contribution in [1.29, 1.82) is 0 Å². The van der Waals surface area contributed by atoms with E-state index in [1.165, 1.54) is 50.9 Å². The Hall–Kier alpha value is -2.07. The number of carbonyl (C=O) groups is 1. The van der Waals surface area contributed by atoms with E-state index in [1.54, 1.807) is 18.2 Å². The number of rotatable bonds is 11. The monoisotopic (exact) mass is 374 g/mol. The Balaban J connectivity index is 1.69. The highest BCUT2D eigenvalue weighted by atomic mass is 35.5. The number of ether oxygens (including phenoxy) is 1. The summed E-state index contributed by atoms with van der Waals surface area (Å²) in [7, 11) is 0. The van der Waals surface area contributed by atoms with E-state index in [-0.39, 0.29) is 0 Å². The third-order valence-corrected chi connectivity index (χ3v) is 4.33. The summed E-state index contributed by atoms with van der Waals surface area (Å²) in [4.78, 5) is 16.0. The molecule has 0 aliphatic rings. The predicted molar refractivity (Wildman–Crippen MR) is 107 cm³/mol. The summed E-state index contributed by atoms with van der Waals surface area (Å²) < 4.78 is 5.27. The normalized spacial score (nSPS) is 10.5. The molecule has 0 saturated heterocycles. The first-order valence-electron chi connectivity index (χ1n) is 9.35. The number of unbranched alkanes of at least 4 members (excludes halogenated alkanes) is 6. The number of anilines is 1. The largest absolute Gasteiger partial charge is 0.421 e. The quantitative estimate of drug-likeness (QED) is 0.380. The molecule has 1 aromatic carbocycles. The van der Waals surface area contributed by atoms with Gasteiger partial charge in [0.15, 0.2) is 5.75 Å². The second-order valence-corrected chi connectivity index (χ2v) is 6.79. The van der Waals surface area contributed by atoms with E-state index in [0.717, 1.165) is 18.7 Å². The van der Waals surface area contributed by atoms with Gasteiger partial charge in [0.2, 0.25) is 0 Å². The van der Waals surface area contributed by atoms with Gasteiger partial charge in [-0.05, 0) is 30.7 Å². The Morgan fingerprint density at radius 1 is 1.04 bits per heavy atom. The zero-order chi connectivity index (χ0) is 18.6. The fourth-order valence-corrected chi connectivity index (χ4v) is 2.82. The van der Waals surface area contributed by atoms with Gasteiger partial charge in [-0.3, -0.25) is 4.98 Å². The van der Waals surface area contributed by atoms with Crippen molar-refractivity contribution in [2.75, 3.05) is 11.9 Å². The molecule has 1 N–H and O–H groups in total. The maximum Gasteiger partial charge on any atom is 0.343 e. The maximum absolute atomic E-state index is 12.1. The molecule has 0 fully saturated rings. The molecule has 0 amide bonds. The zero-order valence-corrected chi connectivity index (χ0v) is 16.1. The minimum Gasteiger partial charge on any atom is -0.421 e. The van der Waals surface area contributed by atoms with Gasteiger partial charge >= 0.3 is 5.97 Å². The van der Waals surface area contributed by atoms with Crippen LogP contribution in [0.4, 0.5) is 5.69 Å². The van der Waals surface area contributed by atoms with E-state index in [0.29, 0.717) is 16.3 Å². The summed E-state index contributed by atoms with van der Waals surface area (Å²) in [6.07, 6.45) is 12.0. The molecular formula is C21H27ClN2O2. The first-order chi connectivity index (χ1) is 12.7. The Kier molecular flexibility index (Phi) is 8.98. The Labute approximate surface area is 160 Å². The van der Waals surface area contributed by atoms with Crippen molar-refractivity contribution in [3.05, 3.63) is 53.3 Å². The Morgan fingerprint density at radius 2 is 1.73 bits per heavy atom. The number of halogens is 1. The molecule has 0 unspecified atom stereocenters. The Bertz CT molecular complexity index is 674. The van der Waals surface area contributed by atoms with E-state index in [9.17, 15) is 4.79 Å². The summed E-state index contributed by atoms with van der Waals surface area (Å²) in [5.41, 5.74) is 1.50. The number of hydrogen-bond acceptors (Lipinski definition) is 4. The number of benzene rings is 1. The number of carbonyl (C=O) groups excluding carboxylic acids is 1. The van der Waals surface area contributed by atoms with E-state index in [1.807, 2.05) is 12.1 Å². The molecule has 26 heavy (non-hydrogen) atoms. The number of pyridine rings is 1. The number of aromatic nitrogens is 1. The molecule has 5 heteroatoms. The summed E-state index contributed by atoms with van der Waals surface area (Å²) in [6, 6.07) is 8.87. The highest BCUT2D eigenvalue weighted by molar-refractivity contribution is 6.30. The van der Waals surface area contributed by atoms with Gasteiger partial charge in [0.1, 0.15) is 0 Å². The van der Waals surface area contributed by atoms with Gasteiger partial charge in [-0.2, -0.15) is 0 Å². The van der Waals surface area contributed by atoms with Gasteiger partial charge in [0.25, 0.3) is 0 Å². The molecule has 0 bridgehead atoms. The van der Waals surface area contributed by atoms with Crippen LogP contribution in [0.1, 0.15) is 62.2 Å². The smallest absolute Gasteiger partial charge is 0.343 e. The first kappa shape index (κ1) is 20.2. The number of nitrogens with one attached hydrogen (secondary N) is 1. The average Bonchev–Trinajstić information content (AvgIpc) is 2.64. The topological polar surface area (TPSA) is 51.2 Å². The van der Waals surface area contributed by atoms with Crippen molar-refractivity contribution in [2.45, 2.75) is 51.9 Å². The standard InChI is InChI=1S/C21H27ClN2O2/c1-2-3-4-5-6-7-8-13-24-19-11-9-17(10-12-19)21(25)26-20-14-18(22)15-23-16-20/h9-12,14-16,24H,2-8,13H2,1H3. The molecule has 1 heterocycles. The highest BCUT2D eigenvalue weighted by Gasteiger charge is 2.09. The van der Waals surface area contributed by atoms with Gasteiger partial charge in [-0.1, -0.05) is 57.0 Å². The summed E-state index contributed by atoms with van der Waals surface area (Å²) >= 11 is 5.84. The third-order valence-electron chi connectivity index (χ3n) is 4.12. The predicted octanol–water partition coefficient (Wildman–Crippen LogP) is 6.12. The number of esters is 1. The minimum atomic E-state index is -0.423. The Morgan fingerprint density at radius 3 is 2.42 bits per heavy atom. The summed E-state index contributed by atoms with van der Waals surface area (Å²) in [5.74, 6) is -0.0867. The fourth-order valence-electron chi connectivity index (χ4n) is 2.65. The second-order valence-electron chi connectivity index (χ2n) is 6.35. The lowest BCUT2D eigenvalue weighted by molar-refractivity contribution is 0.0734. The molecule has 0 spiro atoms. The van der Waals surface area contributed by atoms with E-state index < -0.39 is 5.97 Å². The zero-order valence-electron chi connectivity index (χ0n) is 15.3. The molecule has 4 nitrogen and oxygen atoms in total. The summed E-state index contributed by atoms with van der Waals surface area (Å²) in [6.45, 7) is 3.19. The molecule has 0 atom stereocenters. The van der Waals surface area contributed by atoms with E-state index >= 15 is 0 Å². The van der Waals surface area contributed by atoms with Gasteiger partial charge in [-0.25, -0.2) is 4.79 Å². The SMILES string of the molecule is CCCCCCCCCNc1ccc(C(=O)Oc2cncc(Cl)c2)cc1. The van der Waals surface area contributed by atoms with Crippen LogP contribution in [-0.4, -0.2) is 17.5 Å². The molecule has 1 aromatic heterocycles. The van der Waals surface area contributed by atoms with Crippen LogP contribution in [0, 0.1) is 0 Å². The van der Waals surface area contributed by atoms with Crippen LogP contribution in [0.3, 0.4) is 0 Å². The van der Waals surface area contributed by atoms with Crippen molar-refractivity contribution in [1.82, 2.24) is 4.98 Å². The van der Waals surface area contributed by atoms with Crippen LogP contribution in [0.5, 0.6) is 5.75 Å². The lowest BCUT2D eigenvalue weighted by Gasteiger charge is -2.08. The molecular weight excluding hydrogens is 348 g/mol. The van der Waals surface area contributed by atoms with Gasteiger partial charge in [0, 0.05) is 24.5 Å². The van der Waals surface area contributed by atoms with Gasteiger partial charge in [-0.15, -0.1) is 0 Å². The van der Waals surface area contributed by atoms with Gasteiger partial charge in [0.05, 0.1) is 16.8 Å². The lowest BCUT2D eigenvalue weighted by Crippen LogP contribution is -2.09. The molecule has 0 aliphatic carbocycles. The van der Waals surface area contributed by atoms with Crippen molar-refractivity contribution in [2.24, 2.45) is 0 Å². The first-order valence-corrected chi connectivity index (χ1v) is 9.73. The van der Waals surface area contributed by atoms with Crippen molar-refractivity contribution >= 4 is 23.3 Å². The van der Waals surface area contributed by atoms with Crippen molar-refractivity contribution in [3.8, 4) is 5.75 Å². The van der Waals surface area contributed by atoms with Gasteiger partial charge < -0.3 is 10.1 Å². The molecule has 0 radical (unpaired) electrons. The number of hydrogen-bond donors (Lipinski definition) is 1. The highest BCUT2D eigenvalue weighted by Crippen LogP contribution is 2.17. The van der Waals surface area contributed by atoms with Crippen LogP contribution >= 0.6 is 11.6 Å². The van der Waals surface area contributed by atoms with Crippen molar-refractivity contribution in [3.63, 3.8) is 0 Å². The maximum atomic E-state index is 12.1. The molecule has 0 saturated carbocycles. The second kappa shape index (κ2) is 11.5. The third kappa shape index (κ3) is 7.44. The van der Waals surface area contributed by atoms with Crippen LogP contribution in [-0.2, 0) is 0 Å². The average molecular weight is 375 g/mol. The number of nitrogens with zero attached hydrogens (tertiary/aromatic N) is 1. The molecule has 140 valence electrons. The fraction of sp³-hybridized carbons (Fsp3) is 0.429. The van der Waals surface area contributed by atoms with E-state index in [4.69, 9.17) is 16.3 Å². The molecule has 0 aliphatic heterocycles. The lowest BCUT2D eigenvalue weighted by atomic mass is 10.1. The van der Waals surface area contributed by atoms with Crippen LogP contribution < -0.4 is 10.1 Å².